The molecule has 118 valence electrons. The van der Waals surface area contributed by atoms with Crippen LogP contribution >= 0.6 is 0 Å². The molecule has 2 N–H and O–H groups in total. The van der Waals surface area contributed by atoms with Gasteiger partial charge in [0.05, 0.1) is 0 Å². The van der Waals surface area contributed by atoms with Crippen LogP contribution in [-0.4, -0.2) is 10.9 Å². The van der Waals surface area contributed by atoms with Gasteiger partial charge in [0.25, 0.3) is 6.01 Å². The van der Waals surface area contributed by atoms with E-state index in [2.05, 4.69) is 15.6 Å². The first-order valence-corrected chi connectivity index (χ1v) is 7.61. The highest BCUT2D eigenvalue weighted by atomic mass is 16.4. The number of amides is 1. The van der Waals surface area contributed by atoms with Crippen LogP contribution in [0.15, 0.2) is 52.9 Å². The summed E-state index contributed by atoms with van der Waals surface area (Å²) in [5.74, 6) is -0.0159. The van der Waals surface area contributed by atoms with Crippen LogP contribution in [0.1, 0.15) is 19.4 Å². The molecular formula is C18H19N3O2. The summed E-state index contributed by atoms with van der Waals surface area (Å²) in [5, 5.41) is 6.03. The van der Waals surface area contributed by atoms with Gasteiger partial charge in [0.2, 0.25) is 5.91 Å². The summed E-state index contributed by atoms with van der Waals surface area (Å²) in [4.78, 5) is 16.0. The Labute approximate surface area is 134 Å². The van der Waals surface area contributed by atoms with Crippen molar-refractivity contribution < 1.29 is 9.21 Å². The van der Waals surface area contributed by atoms with Crippen molar-refractivity contribution in [3.63, 3.8) is 0 Å². The van der Waals surface area contributed by atoms with Crippen molar-refractivity contribution >= 4 is 28.7 Å². The Balaban J connectivity index is 1.61. The van der Waals surface area contributed by atoms with Crippen LogP contribution in [0.4, 0.5) is 11.7 Å². The van der Waals surface area contributed by atoms with Gasteiger partial charge < -0.3 is 15.1 Å². The van der Waals surface area contributed by atoms with E-state index in [4.69, 9.17) is 4.42 Å². The molecule has 0 bridgehead atoms. The lowest BCUT2D eigenvalue weighted by Gasteiger charge is -2.08. The zero-order valence-corrected chi connectivity index (χ0v) is 13.2. The molecule has 0 unspecified atom stereocenters. The van der Waals surface area contributed by atoms with E-state index < -0.39 is 0 Å². The maximum atomic E-state index is 11.6. The Morgan fingerprint density at radius 3 is 2.57 bits per heavy atom. The van der Waals surface area contributed by atoms with Gasteiger partial charge in [0, 0.05) is 18.2 Å². The predicted octanol–water partition coefficient (Wildman–Crippen LogP) is 4.03. The number of para-hydroxylation sites is 2. The number of aromatic nitrogens is 1. The number of hydrogen-bond acceptors (Lipinski definition) is 4. The molecule has 0 saturated carbocycles. The Bertz CT molecular complexity index is 774. The molecule has 0 fully saturated rings. The average molecular weight is 309 g/mol. The number of rotatable bonds is 5. The number of nitrogens with one attached hydrogen (secondary N) is 2. The molecule has 3 rings (SSSR count). The van der Waals surface area contributed by atoms with Gasteiger partial charge in [-0.2, -0.15) is 4.98 Å². The maximum absolute atomic E-state index is 11.6. The first-order valence-electron chi connectivity index (χ1n) is 7.61. The minimum absolute atomic E-state index is 0.0161. The predicted molar refractivity (Wildman–Crippen MR) is 91.2 cm³/mol. The standard InChI is InChI=1S/C18H19N3O2/c1-12(2)17(22)20-14-9-7-13(8-10-14)11-19-18-21-15-5-3-4-6-16(15)23-18/h3-10,12H,11H2,1-2H3,(H,19,21)(H,20,22). The number of oxazole rings is 1. The Kier molecular flexibility index (Phi) is 4.28. The summed E-state index contributed by atoms with van der Waals surface area (Å²) < 4.78 is 5.61. The van der Waals surface area contributed by atoms with Gasteiger partial charge in [-0.1, -0.05) is 38.1 Å². The fraction of sp³-hybridized carbons (Fsp3) is 0.222. The van der Waals surface area contributed by atoms with Gasteiger partial charge in [0.15, 0.2) is 5.58 Å². The summed E-state index contributed by atoms with van der Waals surface area (Å²) in [7, 11) is 0. The normalized spacial score (nSPS) is 10.9. The van der Waals surface area contributed by atoms with Crippen LogP contribution in [-0.2, 0) is 11.3 Å². The van der Waals surface area contributed by atoms with Crippen molar-refractivity contribution in [2.24, 2.45) is 5.92 Å². The molecule has 0 aliphatic rings. The van der Waals surface area contributed by atoms with Crippen LogP contribution in [0.25, 0.3) is 11.1 Å². The largest absolute Gasteiger partial charge is 0.424 e. The maximum Gasteiger partial charge on any atom is 0.295 e. The molecule has 3 aromatic rings. The monoisotopic (exact) mass is 309 g/mol. The molecule has 0 radical (unpaired) electrons. The van der Waals surface area contributed by atoms with Crippen molar-refractivity contribution in [3.05, 3.63) is 54.1 Å². The van der Waals surface area contributed by atoms with E-state index in [-0.39, 0.29) is 11.8 Å². The van der Waals surface area contributed by atoms with Gasteiger partial charge in [-0.15, -0.1) is 0 Å². The van der Waals surface area contributed by atoms with Crippen LogP contribution in [0.3, 0.4) is 0 Å². The van der Waals surface area contributed by atoms with Gasteiger partial charge in [-0.05, 0) is 29.8 Å². The second kappa shape index (κ2) is 6.52. The van der Waals surface area contributed by atoms with Crippen LogP contribution in [0.5, 0.6) is 0 Å². The van der Waals surface area contributed by atoms with E-state index in [0.29, 0.717) is 12.6 Å². The Morgan fingerprint density at radius 1 is 1.13 bits per heavy atom. The second-order valence-corrected chi connectivity index (χ2v) is 5.68. The molecule has 0 spiro atoms. The van der Waals surface area contributed by atoms with E-state index in [1.807, 2.05) is 62.4 Å². The average Bonchev–Trinajstić information content (AvgIpc) is 2.97. The SMILES string of the molecule is CC(C)C(=O)Nc1ccc(CNc2nc3ccccc3o2)cc1. The number of anilines is 2. The molecule has 0 saturated heterocycles. The minimum Gasteiger partial charge on any atom is -0.424 e. The molecule has 0 aliphatic heterocycles. The number of carbonyl (C=O) groups excluding carboxylic acids is 1. The van der Waals surface area contributed by atoms with Gasteiger partial charge in [-0.3, -0.25) is 4.79 Å². The first-order chi connectivity index (χ1) is 11.1. The molecule has 1 amide bonds. The zero-order valence-electron chi connectivity index (χ0n) is 13.2. The summed E-state index contributed by atoms with van der Waals surface area (Å²) in [6, 6.07) is 15.9. The van der Waals surface area contributed by atoms with Crippen LogP contribution < -0.4 is 10.6 Å². The summed E-state index contributed by atoms with van der Waals surface area (Å²) in [5.41, 5.74) is 3.48. The molecule has 0 atom stereocenters. The lowest BCUT2D eigenvalue weighted by atomic mass is 10.1. The third-order valence-corrected chi connectivity index (χ3v) is 3.48. The van der Waals surface area contributed by atoms with Crippen molar-refractivity contribution in [2.75, 3.05) is 10.6 Å². The minimum atomic E-state index is -0.0319. The Morgan fingerprint density at radius 2 is 1.87 bits per heavy atom. The number of benzene rings is 2. The first kappa shape index (κ1) is 15.1. The van der Waals surface area contributed by atoms with Crippen LogP contribution in [0, 0.1) is 5.92 Å². The van der Waals surface area contributed by atoms with Crippen molar-refractivity contribution in [1.82, 2.24) is 4.98 Å². The highest BCUT2D eigenvalue weighted by molar-refractivity contribution is 5.92. The molecule has 1 aromatic heterocycles. The Hall–Kier alpha value is -2.82. The highest BCUT2D eigenvalue weighted by Gasteiger charge is 2.07. The smallest absolute Gasteiger partial charge is 0.295 e. The van der Waals surface area contributed by atoms with Crippen molar-refractivity contribution in [3.8, 4) is 0 Å². The van der Waals surface area contributed by atoms with E-state index in [0.717, 1.165) is 22.4 Å². The summed E-state index contributed by atoms with van der Waals surface area (Å²) >= 11 is 0. The zero-order chi connectivity index (χ0) is 16.2. The number of carbonyl (C=O) groups is 1. The van der Waals surface area contributed by atoms with Gasteiger partial charge in [0.1, 0.15) is 5.52 Å². The number of fused-ring (bicyclic) bond motifs is 1. The summed E-state index contributed by atoms with van der Waals surface area (Å²) in [6.45, 7) is 4.34. The lowest BCUT2D eigenvalue weighted by Crippen LogP contribution is -2.17. The fourth-order valence-corrected chi connectivity index (χ4v) is 2.12. The van der Waals surface area contributed by atoms with Crippen LogP contribution in [0.2, 0.25) is 0 Å². The van der Waals surface area contributed by atoms with Gasteiger partial charge in [-0.25, -0.2) is 0 Å². The van der Waals surface area contributed by atoms with Crippen molar-refractivity contribution in [2.45, 2.75) is 20.4 Å². The summed E-state index contributed by atoms with van der Waals surface area (Å²) in [6.07, 6.45) is 0. The fourth-order valence-electron chi connectivity index (χ4n) is 2.12. The third-order valence-electron chi connectivity index (χ3n) is 3.48. The molecule has 1 heterocycles. The van der Waals surface area contributed by atoms with E-state index >= 15 is 0 Å². The quantitative estimate of drug-likeness (QED) is 0.746. The molecule has 0 aliphatic carbocycles. The molecule has 23 heavy (non-hydrogen) atoms. The molecule has 5 heteroatoms. The molecule has 5 nitrogen and oxygen atoms in total. The third kappa shape index (κ3) is 3.69. The van der Waals surface area contributed by atoms with E-state index in [9.17, 15) is 4.79 Å². The van der Waals surface area contributed by atoms with E-state index in [1.165, 1.54) is 0 Å². The number of nitrogens with zero attached hydrogens (tertiary/aromatic N) is 1. The highest BCUT2D eigenvalue weighted by Crippen LogP contribution is 2.19. The number of hydrogen-bond donors (Lipinski definition) is 2. The lowest BCUT2D eigenvalue weighted by molar-refractivity contribution is -0.118. The molecular weight excluding hydrogens is 290 g/mol. The molecule has 2 aromatic carbocycles. The van der Waals surface area contributed by atoms with Crippen molar-refractivity contribution in [1.29, 1.82) is 0 Å². The van der Waals surface area contributed by atoms with E-state index in [1.54, 1.807) is 0 Å². The second-order valence-electron chi connectivity index (χ2n) is 5.68. The van der Waals surface area contributed by atoms with Gasteiger partial charge >= 0.3 is 0 Å². The topological polar surface area (TPSA) is 67.2 Å².